The van der Waals surface area contributed by atoms with Crippen LogP contribution in [0.3, 0.4) is 0 Å². The van der Waals surface area contributed by atoms with Crippen molar-refractivity contribution in [2.24, 2.45) is 5.73 Å². The Kier molecular flexibility index (Phi) is 4.48. The van der Waals surface area contributed by atoms with E-state index in [-0.39, 0.29) is 11.6 Å². The zero-order valence-corrected chi connectivity index (χ0v) is 11.3. The molecular weight excluding hydrogens is 245 g/mol. The summed E-state index contributed by atoms with van der Waals surface area (Å²) in [5, 5.41) is 1.16. The number of ether oxygens (including phenoxy) is 1. The highest BCUT2D eigenvalue weighted by atomic mass is 35.5. The second kappa shape index (κ2) is 5.26. The first-order valence-corrected chi connectivity index (χ1v) is 5.95. The lowest BCUT2D eigenvalue weighted by atomic mass is 10.0. The SMILES string of the molecule is CC(N)CC(C)(C)Oc1cc(Cl)ccc1Cl. The highest BCUT2D eigenvalue weighted by Crippen LogP contribution is 2.31. The molecule has 0 saturated carbocycles. The number of halogens is 2. The number of benzene rings is 1. The summed E-state index contributed by atoms with van der Waals surface area (Å²) in [6.07, 6.45) is 0.746. The van der Waals surface area contributed by atoms with E-state index in [1.807, 2.05) is 20.8 Å². The third kappa shape index (κ3) is 4.20. The molecule has 2 N–H and O–H groups in total. The van der Waals surface area contributed by atoms with Crippen molar-refractivity contribution in [2.45, 2.75) is 38.8 Å². The third-order valence-corrected chi connectivity index (χ3v) is 2.64. The predicted molar refractivity (Wildman–Crippen MR) is 69.4 cm³/mol. The molecule has 2 nitrogen and oxygen atoms in total. The first kappa shape index (κ1) is 13.6. The quantitative estimate of drug-likeness (QED) is 0.893. The van der Waals surface area contributed by atoms with E-state index in [0.717, 1.165) is 6.42 Å². The molecule has 90 valence electrons. The second-order valence-corrected chi connectivity index (χ2v) is 5.46. The minimum atomic E-state index is -0.359. The molecule has 1 rings (SSSR count). The zero-order valence-electron chi connectivity index (χ0n) is 9.76. The minimum Gasteiger partial charge on any atom is -0.486 e. The Balaban J connectivity index is 2.82. The second-order valence-electron chi connectivity index (χ2n) is 4.62. The molecule has 1 unspecified atom stereocenters. The van der Waals surface area contributed by atoms with Gasteiger partial charge in [0.05, 0.1) is 5.02 Å². The van der Waals surface area contributed by atoms with Crippen LogP contribution in [0, 0.1) is 0 Å². The van der Waals surface area contributed by atoms with Gasteiger partial charge >= 0.3 is 0 Å². The van der Waals surface area contributed by atoms with E-state index in [2.05, 4.69) is 0 Å². The van der Waals surface area contributed by atoms with Crippen molar-refractivity contribution >= 4 is 23.2 Å². The monoisotopic (exact) mass is 261 g/mol. The summed E-state index contributed by atoms with van der Waals surface area (Å²) in [6.45, 7) is 5.91. The van der Waals surface area contributed by atoms with E-state index in [4.69, 9.17) is 33.7 Å². The van der Waals surface area contributed by atoms with Crippen molar-refractivity contribution in [3.63, 3.8) is 0 Å². The van der Waals surface area contributed by atoms with Gasteiger partial charge < -0.3 is 10.5 Å². The van der Waals surface area contributed by atoms with E-state index in [9.17, 15) is 0 Å². The smallest absolute Gasteiger partial charge is 0.140 e. The average Bonchev–Trinajstić information content (AvgIpc) is 2.08. The maximum atomic E-state index is 6.02. The summed E-state index contributed by atoms with van der Waals surface area (Å²) in [4.78, 5) is 0. The van der Waals surface area contributed by atoms with Crippen LogP contribution in [0.2, 0.25) is 10.0 Å². The van der Waals surface area contributed by atoms with Gasteiger partial charge in [-0.25, -0.2) is 0 Å². The van der Waals surface area contributed by atoms with Gasteiger partial charge in [-0.1, -0.05) is 23.2 Å². The standard InChI is InChI=1S/C12H17Cl2NO/c1-8(15)7-12(2,3)16-11-6-9(13)4-5-10(11)14/h4-6,8H,7,15H2,1-3H3. The molecule has 0 saturated heterocycles. The summed E-state index contributed by atoms with van der Waals surface area (Å²) in [5.74, 6) is 0.597. The average molecular weight is 262 g/mol. The Labute approximate surface area is 107 Å². The summed E-state index contributed by atoms with van der Waals surface area (Å²) in [7, 11) is 0. The maximum Gasteiger partial charge on any atom is 0.140 e. The molecule has 0 spiro atoms. The van der Waals surface area contributed by atoms with Gasteiger partial charge in [0.1, 0.15) is 11.4 Å². The molecule has 0 bridgehead atoms. The number of hydrogen-bond donors (Lipinski definition) is 1. The largest absolute Gasteiger partial charge is 0.486 e. The van der Waals surface area contributed by atoms with Gasteiger partial charge in [0, 0.05) is 23.6 Å². The van der Waals surface area contributed by atoms with Crippen LogP contribution in [-0.2, 0) is 0 Å². The van der Waals surface area contributed by atoms with E-state index in [1.165, 1.54) is 0 Å². The van der Waals surface area contributed by atoms with Gasteiger partial charge in [-0.2, -0.15) is 0 Å². The molecule has 0 aliphatic heterocycles. The highest BCUT2D eigenvalue weighted by molar-refractivity contribution is 6.34. The Morgan fingerprint density at radius 1 is 1.38 bits per heavy atom. The van der Waals surface area contributed by atoms with Crippen LogP contribution >= 0.6 is 23.2 Å². The molecule has 0 aliphatic carbocycles. The predicted octanol–water partition coefficient (Wildman–Crippen LogP) is 3.89. The fraction of sp³-hybridized carbons (Fsp3) is 0.500. The summed E-state index contributed by atoms with van der Waals surface area (Å²) in [6, 6.07) is 5.25. The molecule has 0 fully saturated rings. The topological polar surface area (TPSA) is 35.2 Å². The highest BCUT2D eigenvalue weighted by Gasteiger charge is 2.22. The van der Waals surface area contributed by atoms with Crippen LogP contribution in [-0.4, -0.2) is 11.6 Å². The van der Waals surface area contributed by atoms with Gasteiger partial charge in [0.2, 0.25) is 0 Å². The fourth-order valence-electron chi connectivity index (χ4n) is 1.67. The molecule has 0 radical (unpaired) electrons. The molecule has 4 heteroatoms. The number of rotatable bonds is 4. The van der Waals surface area contributed by atoms with Crippen molar-refractivity contribution in [2.75, 3.05) is 0 Å². The zero-order chi connectivity index (χ0) is 12.3. The van der Waals surface area contributed by atoms with Gasteiger partial charge in [-0.15, -0.1) is 0 Å². The van der Waals surface area contributed by atoms with Gasteiger partial charge in [0.25, 0.3) is 0 Å². The van der Waals surface area contributed by atoms with Crippen LogP contribution in [0.5, 0.6) is 5.75 Å². The lowest BCUT2D eigenvalue weighted by molar-refractivity contribution is 0.0934. The lowest BCUT2D eigenvalue weighted by Crippen LogP contribution is -2.35. The molecule has 16 heavy (non-hydrogen) atoms. The van der Waals surface area contributed by atoms with Crippen molar-refractivity contribution < 1.29 is 4.74 Å². The molecule has 0 aliphatic rings. The summed E-state index contributed by atoms with van der Waals surface area (Å²) >= 11 is 11.9. The number of hydrogen-bond acceptors (Lipinski definition) is 2. The first-order valence-electron chi connectivity index (χ1n) is 5.20. The van der Waals surface area contributed by atoms with Crippen LogP contribution in [0.25, 0.3) is 0 Å². The summed E-state index contributed by atoms with van der Waals surface area (Å²) in [5.41, 5.74) is 5.40. The van der Waals surface area contributed by atoms with Gasteiger partial charge in [-0.05, 0) is 32.9 Å². The Hall–Kier alpha value is -0.440. The van der Waals surface area contributed by atoms with Crippen molar-refractivity contribution in [1.82, 2.24) is 0 Å². The molecule has 0 amide bonds. The van der Waals surface area contributed by atoms with Crippen LogP contribution in [0.1, 0.15) is 27.2 Å². The molecule has 1 atom stereocenters. The molecule has 0 aromatic heterocycles. The van der Waals surface area contributed by atoms with E-state index in [1.54, 1.807) is 18.2 Å². The van der Waals surface area contributed by atoms with Crippen LogP contribution in [0.4, 0.5) is 0 Å². The minimum absolute atomic E-state index is 0.0768. The first-order chi connectivity index (χ1) is 7.30. The van der Waals surface area contributed by atoms with E-state index < -0.39 is 0 Å². The summed E-state index contributed by atoms with van der Waals surface area (Å²) < 4.78 is 5.83. The molecule has 1 aromatic rings. The van der Waals surface area contributed by atoms with Gasteiger partial charge in [-0.3, -0.25) is 0 Å². The fourth-order valence-corrected chi connectivity index (χ4v) is 1.99. The van der Waals surface area contributed by atoms with E-state index in [0.29, 0.717) is 15.8 Å². The molecule has 0 heterocycles. The Bertz CT molecular complexity index is 364. The molecule has 1 aromatic carbocycles. The van der Waals surface area contributed by atoms with Crippen molar-refractivity contribution in [3.05, 3.63) is 28.2 Å². The Morgan fingerprint density at radius 3 is 2.56 bits per heavy atom. The number of nitrogens with two attached hydrogens (primary N) is 1. The third-order valence-electron chi connectivity index (χ3n) is 2.09. The van der Waals surface area contributed by atoms with E-state index >= 15 is 0 Å². The van der Waals surface area contributed by atoms with Gasteiger partial charge in [0.15, 0.2) is 0 Å². The maximum absolute atomic E-state index is 6.02. The normalized spacial score (nSPS) is 13.6. The lowest BCUT2D eigenvalue weighted by Gasteiger charge is -2.28. The Morgan fingerprint density at radius 2 is 2.00 bits per heavy atom. The van der Waals surface area contributed by atoms with Crippen molar-refractivity contribution in [3.8, 4) is 5.75 Å². The van der Waals surface area contributed by atoms with Crippen LogP contribution < -0.4 is 10.5 Å². The van der Waals surface area contributed by atoms with Crippen molar-refractivity contribution in [1.29, 1.82) is 0 Å². The van der Waals surface area contributed by atoms with Crippen LogP contribution in [0.15, 0.2) is 18.2 Å². The molecular formula is C12H17Cl2NO.